The molecule has 0 radical (unpaired) electrons. The molecular weight excluding hydrogens is 316 g/mol. The molecule has 0 aromatic carbocycles. The number of rotatable bonds is 4. The lowest BCUT2D eigenvalue weighted by atomic mass is 9.48. The molecule has 2 fully saturated rings. The second-order valence-electron chi connectivity index (χ2n) is 8.67. The Morgan fingerprint density at radius 2 is 2.12 bits per heavy atom. The van der Waals surface area contributed by atoms with E-state index in [-0.39, 0.29) is 23.3 Å². The van der Waals surface area contributed by atoms with Crippen LogP contribution in [-0.2, 0) is 19.1 Å². The molecule has 0 unspecified atom stereocenters. The maximum atomic E-state index is 12.9. The maximum Gasteiger partial charge on any atom is 0.334 e. The third-order valence-corrected chi connectivity index (χ3v) is 6.55. The van der Waals surface area contributed by atoms with E-state index in [4.69, 9.17) is 9.47 Å². The Bertz CT molecular complexity index is 642. The van der Waals surface area contributed by atoms with E-state index < -0.39 is 11.5 Å². The molecule has 0 amide bonds. The number of esters is 2. The van der Waals surface area contributed by atoms with Crippen LogP contribution < -0.4 is 0 Å². The van der Waals surface area contributed by atoms with Gasteiger partial charge in [-0.1, -0.05) is 31.9 Å². The summed E-state index contributed by atoms with van der Waals surface area (Å²) in [6, 6.07) is 0. The third-order valence-electron chi connectivity index (χ3n) is 6.55. The Kier molecular flexibility index (Phi) is 4.59. The van der Waals surface area contributed by atoms with Gasteiger partial charge >= 0.3 is 11.9 Å². The molecule has 4 aliphatic rings. The van der Waals surface area contributed by atoms with E-state index in [2.05, 4.69) is 33.8 Å². The number of allylic oxidation sites excluding steroid dienone is 2. The summed E-state index contributed by atoms with van der Waals surface area (Å²) >= 11 is 0. The van der Waals surface area contributed by atoms with Crippen LogP contribution in [0.3, 0.4) is 0 Å². The quantitative estimate of drug-likeness (QED) is 0.565. The second kappa shape index (κ2) is 6.30. The van der Waals surface area contributed by atoms with Crippen molar-refractivity contribution in [1.29, 1.82) is 0 Å². The predicted octanol–water partition coefficient (Wildman–Crippen LogP) is 4.20. The highest BCUT2D eigenvalue weighted by Gasteiger charge is 2.66. The Hall–Kier alpha value is -1.58. The lowest BCUT2D eigenvalue weighted by Gasteiger charge is -2.61. The van der Waals surface area contributed by atoms with Crippen LogP contribution in [0, 0.1) is 23.2 Å². The maximum absolute atomic E-state index is 12.9. The topological polar surface area (TPSA) is 52.6 Å². The summed E-state index contributed by atoms with van der Waals surface area (Å²) in [5, 5.41) is 0. The molecule has 5 atom stereocenters. The number of methoxy groups -OCH3 is 1. The minimum absolute atomic E-state index is 0.243. The van der Waals surface area contributed by atoms with Gasteiger partial charge in [0.25, 0.3) is 0 Å². The SMILES string of the molecule is COC(=O)C1=C[C@]23C[C@@H](C)CC[C@@H]2[C@@](C)(CCC=C(C)C)[C@H]1C(=O)O3. The zero-order chi connectivity index (χ0) is 18.4. The average Bonchev–Trinajstić information content (AvgIpc) is 2.52. The second-order valence-corrected chi connectivity index (χ2v) is 8.67. The van der Waals surface area contributed by atoms with Gasteiger partial charge in [-0.2, -0.15) is 0 Å². The summed E-state index contributed by atoms with van der Waals surface area (Å²) in [7, 11) is 1.38. The lowest BCUT2D eigenvalue weighted by molar-refractivity contribution is -0.214. The fourth-order valence-electron chi connectivity index (χ4n) is 5.50. The number of carbonyl (C=O) groups is 2. The van der Waals surface area contributed by atoms with E-state index in [1.807, 2.05) is 6.08 Å². The first kappa shape index (κ1) is 18.2. The molecular formula is C21H30O4. The fraction of sp³-hybridized carbons (Fsp3) is 0.714. The van der Waals surface area contributed by atoms with Crippen LogP contribution in [0.2, 0.25) is 0 Å². The Labute approximate surface area is 150 Å². The first-order chi connectivity index (χ1) is 11.7. The molecule has 4 rings (SSSR count). The molecule has 4 nitrogen and oxygen atoms in total. The molecule has 0 N–H and O–H groups in total. The molecule has 2 aliphatic carbocycles. The van der Waals surface area contributed by atoms with Crippen LogP contribution in [0.1, 0.15) is 59.8 Å². The van der Waals surface area contributed by atoms with Crippen LogP contribution in [0.25, 0.3) is 0 Å². The van der Waals surface area contributed by atoms with Crippen LogP contribution >= 0.6 is 0 Å². The standard InChI is InChI=1S/C21H30O4/c1-13(2)7-6-10-20(4)16-9-8-14(3)11-21(16)12-15(18(22)24-5)17(20)19(23)25-21/h7,12,14,16-17H,6,8-11H2,1-5H3/t14-,16+,17+,20+,21+/m0/s1. The van der Waals surface area contributed by atoms with Crippen molar-refractivity contribution in [3.05, 3.63) is 23.3 Å². The van der Waals surface area contributed by atoms with Gasteiger partial charge in [0.05, 0.1) is 18.6 Å². The highest BCUT2D eigenvalue weighted by molar-refractivity contribution is 5.98. The van der Waals surface area contributed by atoms with Gasteiger partial charge < -0.3 is 9.47 Å². The smallest absolute Gasteiger partial charge is 0.334 e. The van der Waals surface area contributed by atoms with E-state index in [0.717, 1.165) is 32.1 Å². The molecule has 2 heterocycles. The largest absolute Gasteiger partial charge is 0.466 e. The highest BCUT2D eigenvalue weighted by atomic mass is 16.6. The first-order valence-corrected chi connectivity index (χ1v) is 9.41. The van der Waals surface area contributed by atoms with E-state index in [1.54, 1.807) is 0 Å². The molecule has 138 valence electrons. The zero-order valence-corrected chi connectivity index (χ0v) is 16.1. The molecule has 25 heavy (non-hydrogen) atoms. The van der Waals surface area contributed by atoms with Crippen molar-refractivity contribution in [2.75, 3.05) is 7.11 Å². The Morgan fingerprint density at radius 1 is 1.40 bits per heavy atom. The number of carbonyl (C=O) groups excluding carboxylic acids is 2. The molecule has 2 bridgehead atoms. The minimum atomic E-state index is -0.632. The Morgan fingerprint density at radius 3 is 2.76 bits per heavy atom. The number of fused-ring (bicyclic) bond motifs is 1. The number of hydrogen-bond donors (Lipinski definition) is 0. The van der Waals surface area contributed by atoms with Crippen LogP contribution in [-0.4, -0.2) is 24.6 Å². The van der Waals surface area contributed by atoms with Crippen molar-refractivity contribution in [1.82, 2.24) is 0 Å². The van der Waals surface area contributed by atoms with Crippen molar-refractivity contribution in [3.63, 3.8) is 0 Å². The van der Waals surface area contributed by atoms with Gasteiger partial charge in [0, 0.05) is 5.92 Å². The van der Waals surface area contributed by atoms with E-state index in [1.165, 1.54) is 12.7 Å². The summed E-state index contributed by atoms with van der Waals surface area (Å²) in [6.07, 6.45) is 8.95. The van der Waals surface area contributed by atoms with Gasteiger partial charge in [-0.05, 0) is 56.9 Å². The van der Waals surface area contributed by atoms with Gasteiger partial charge in [-0.15, -0.1) is 0 Å². The fourth-order valence-corrected chi connectivity index (χ4v) is 5.50. The molecule has 0 aromatic heterocycles. The summed E-state index contributed by atoms with van der Waals surface area (Å²) < 4.78 is 11.0. The summed E-state index contributed by atoms with van der Waals surface area (Å²) in [6.45, 7) is 8.56. The van der Waals surface area contributed by atoms with Gasteiger partial charge in [-0.25, -0.2) is 4.79 Å². The first-order valence-electron chi connectivity index (χ1n) is 9.41. The predicted molar refractivity (Wildman–Crippen MR) is 95.7 cm³/mol. The lowest BCUT2D eigenvalue weighted by Crippen LogP contribution is -2.65. The van der Waals surface area contributed by atoms with E-state index in [0.29, 0.717) is 11.5 Å². The monoisotopic (exact) mass is 346 g/mol. The van der Waals surface area contributed by atoms with Crippen molar-refractivity contribution >= 4 is 11.9 Å². The van der Waals surface area contributed by atoms with Crippen LogP contribution in [0.4, 0.5) is 0 Å². The highest BCUT2D eigenvalue weighted by Crippen LogP contribution is 2.62. The minimum Gasteiger partial charge on any atom is -0.466 e. The Balaban J connectivity index is 2.06. The molecule has 1 spiro atoms. The van der Waals surface area contributed by atoms with Gasteiger partial charge in [0.2, 0.25) is 0 Å². The van der Waals surface area contributed by atoms with Crippen LogP contribution in [0.5, 0.6) is 0 Å². The van der Waals surface area contributed by atoms with Gasteiger partial charge in [0.1, 0.15) is 5.60 Å². The number of ether oxygens (including phenoxy) is 2. The number of hydrogen-bond acceptors (Lipinski definition) is 4. The molecule has 0 aromatic rings. The summed E-state index contributed by atoms with van der Waals surface area (Å²) in [4.78, 5) is 25.3. The van der Waals surface area contributed by atoms with Crippen molar-refractivity contribution < 1.29 is 19.1 Å². The van der Waals surface area contributed by atoms with Crippen molar-refractivity contribution in [2.45, 2.75) is 65.4 Å². The van der Waals surface area contributed by atoms with Crippen molar-refractivity contribution in [2.24, 2.45) is 23.2 Å². The van der Waals surface area contributed by atoms with E-state index in [9.17, 15) is 9.59 Å². The van der Waals surface area contributed by atoms with E-state index >= 15 is 0 Å². The summed E-state index contributed by atoms with van der Waals surface area (Å²) in [5.74, 6) is -0.376. The van der Waals surface area contributed by atoms with Crippen LogP contribution in [0.15, 0.2) is 23.3 Å². The molecule has 1 saturated heterocycles. The van der Waals surface area contributed by atoms with Gasteiger partial charge in [0.15, 0.2) is 0 Å². The van der Waals surface area contributed by atoms with Gasteiger partial charge in [-0.3, -0.25) is 4.79 Å². The zero-order valence-electron chi connectivity index (χ0n) is 16.1. The average molecular weight is 346 g/mol. The third kappa shape index (κ3) is 2.84. The molecule has 1 saturated carbocycles. The van der Waals surface area contributed by atoms with Crippen molar-refractivity contribution in [3.8, 4) is 0 Å². The summed E-state index contributed by atoms with van der Waals surface area (Å²) in [5.41, 5.74) is 0.901. The normalized spacial score (nSPS) is 39.2. The molecule has 2 aliphatic heterocycles. The molecule has 4 heteroatoms.